The standard InChI is InChI=1S/C21H32N2O4/c1-25-13-5-7-18-6-3-4-10-23(18)21(24)17-8-9-20(26-2)19(16-17)22-11-14-27-15-12-22/h8-9,16,18H,3-7,10-15H2,1-2H3/t18-/m1/s1. The molecule has 2 heterocycles. The lowest BCUT2D eigenvalue weighted by Crippen LogP contribution is -2.44. The zero-order valence-electron chi connectivity index (χ0n) is 16.6. The van der Waals surface area contributed by atoms with E-state index in [-0.39, 0.29) is 5.91 Å². The van der Waals surface area contributed by atoms with Gasteiger partial charge in [-0.2, -0.15) is 0 Å². The lowest BCUT2D eigenvalue weighted by atomic mass is 9.97. The summed E-state index contributed by atoms with van der Waals surface area (Å²) in [7, 11) is 3.41. The molecule has 1 amide bonds. The van der Waals surface area contributed by atoms with Crippen LogP contribution in [-0.2, 0) is 9.47 Å². The maximum Gasteiger partial charge on any atom is 0.254 e. The van der Waals surface area contributed by atoms with E-state index in [2.05, 4.69) is 9.80 Å². The summed E-state index contributed by atoms with van der Waals surface area (Å²) >= 11 is 0. The Kier molecular flexibility index (Phi) is 7.35. The van der Waals surface area contributed by atoms with Crippen LogP contribution in [0.4, 0.5) is 5.69 Å². The summed E-state index contributed by atoms with van der Waals surface area (Å²) in [5, 5.41) is 0. The topological polar surface area (TPSA) is 51.2 Å². The Labute approximate surface area is 162 Å². The number of hydrogen-bond acceptors (Lipinski definition) is 5. The second-order valence-electron chi connectivity index (χ2n) is 7.27. The van der Waals surface area contributed by atoms with Crippen LogP contribution in [0, 0.1) is 0 Å². The molecule has 0 aliphatic carbocycles. The first-order chi connectivity index (χ1) is 13.2. The number of piperidine rings is 1. The summed E-state index contributed by atoms with van der Waals surface area (Å²) in [6, 6.07) is 6.12. The van der Waals surface area contributed by atoms with Crippen molar-refractivity contribution < 1.29 is 19.0 Å². The molecule has 1 atom stereocenters. The largest absolute Gasteiger partial charge is 0.495 e. The molecule has 6 heteroatoms. The lowest BCUT2D eigenvalue weighted by molar-refractivity contribution is 0.0585. The quantitative estimate of drug-likeness (QED) is 0.685. The molecule has 0 N–H and O–H groups in total. The number of hydrogen-bond donors (Lipinski definition) is 0. The van der Waals surface area contributed by atoms with Gasteiger partial charge in [-0.25, -0.2) is 0 Å². The molecular weight excluding hydrogens is 344 g/mol. The summed E-state index contributed by atoms with van der Waals surface area (Å²) < 4.78 is 16.2. The van der Waals surface area contributed by atoms with Crippen LogP contribution >= 0.6 is 0 Å². The highest BCUT2D eigenvalue weighted by molar-refractivity contribution is 5.96. The van der Waals surface area contributed by atoms with Gasteiger partial charge in [-0.05, 0) is 50.3 Å². The van der Waals surface area contributed by atoms with Crippen molar-refractivity contribution in [2.75, 3.05) is 58.6 Å². The fourth-order valence-electron chi connectivity index (χ4n) is 4.07. The first-order valence-electron chi connectivity index (χ1n) is 10.0. The molecule has 0 bridgehead atoms. The normalized spacial score (nSPS) is 20.6. The van der Waals surface area contributed by atoms with E-state index in [0.717, 1.165) is 68.9 Å². The van der Waals surface area contributed by atoms with Crippen molar-refractivity contribution in [3.8, 4) is 5.75 Å². The summed E-state index contributed by atoms with van der Waals surface area (Å²) in [5.74, 6) is 0.943. The van der Waals surface area contributed by atoms with Crippen molar-refractivity contribution in [1.29, 1.82) is 0 Å². The first kappa shape index (κ1) is 20.0. The van der Waals surface area contributed by atoms with Crippen LogP contribution in [0.3, 0.4) is 0 Å². The molecule has 2 aliphatic heterocycles. The van der Waals surface area contributed by atoms with Crippen LogP contribution in [-0.4, -0.2) is 70.5 Å². The molecule has 150 valence electrons. The molecule has 3 rings (SSSR count). The predicted octanol–water partition coefficient (Wildman–Crippen LogP) is 2.95. The highest BCUT2D eigenvalue weighted by Gasteiger charge is 2.28. The molecule has 27 heavy (non-hydrogen) atoms. The molecule has 2 aliphatic rings. The Morgan fingerprint density at radius 3 is 2.74 bits per heavy atom. The number of methoxy groups -OCH3 is 2. The molecular formula is C21H32N2O4. The van der Waals surface area contributed by atoms with Crippen molar-refractivity contribution in [2.24, 2.45) is 0 Å². The van der Waals surface area contributed by atoms with E-state index in [0.29, 0.717) is 19.3 Å². The first-order valence-corrected chi connectivity index (χ1v) is 10.0. The van der Waals surface area contributed by atoms with Crippen molar-refractivity contribution in [1.82, 2.24) is 4.90 Å². The van der Waals surface area contributed by atoms with E-state index in [4.69, 9.17) is 14.2 Å². The minimum absolute atomic E-state index is 0.134. The average molecular weight is 376 g/mol. The number of carbonyl (C=O) groups excluding carboxylic acids is 1. The molecule has 6 nitrogen and oxygen atoms in total. The van der Waals surface area contributed by atoms with Crippen LogP contribution in [0.5, 0.6) is 5.75 Å². The molecule has 0 radical (unpaired) electrons. The van der Waals surface area contributed by atoms with Gasteiger partial charge in [0, 0.05) is 45.0 Å². The van der Waals surface area contributed by atoms with Crippen molar-refractivity contribution in [3.63, 3.8) is 0 Å². The van der Waals surface area contributed by atoms with Gasteiger partial charge in [-0.1, -0.05) is 0 Å². The third-order valence-electron chi connectivity index (χ3n) is 5.55. The van der Waals surface area contributed by atoms with E-state index >= 15 is 0 Å². The average Bonchev–Trinajstić information content (AvgIpc) is 2.74. The van der Waals surface area contributed by atoms with E-state index in [1.54, 1.807) is 14.2 Å². The fourth-order valence-corrected chi connectivity index (χ4v) is 4.07. The van der Waals surface area contributed by atoms with E-state index < -0.39 is 0 Å². The van der Waals surface area contributed by atoms with Crippen LogP contribution in [0.15, 0.2) is 18.2 Å². The molecule has 0 aromatic heterocycles. The van der Waals surface area contributed by atoms with E-state index in [9.17, 15) is 4.79 Å². The summed E-state index contributed by atoms with van der Waals surface area (Å²) in [6.07, 6.45) is 5.36. The van der Waals surface area contributed by atoms with E-state index in [1.807, 2.05) is 18.2 Å². The second kappa shape index (κ2) is 9.95. The van der Waals surface area contributed by atoms with Crippen molar-refractivity contribution in [3.05, 3.63) is 23.8 Å². The summed E-state index contributed by atoms with van der Waals surface area (Å²) in [4.78, 5) is 17.6. The summed E-state index contributed by atoms with van der Waals surface area (Å²) in [5.41, 5.74) is 1.73. The molecule has 0 spiro atoms. The van der Waals surface area contributed by atoms with Gasteiger partial charge < -0.3 is 24.0 Å². The van der Waals surface area contributed by atoms with Crippen molar-refractivity contribution in [2.45, 2.75) is 38.1 Å². The zero-order valence-corrected chi connectivity index (χ0v) is 16.6. The van der Waals surface area contributed by atoms with E-state index in [1.165, 1.54) is 6.42 Å². The van der Waals surface area contributed by atoms with Gasteiger partial charge in [0.1, 0.15) is 5.75 Å². The number of likely N-dealkylation sites (tertiary alicyclic amines) is 1. The van der Waals surface area contributed by atoms with Gasteiger partial charge >= 0.3 is 0 Å². The number of morpholine rings is 1. The third-order valence-corrected chi connectivity index (χ3v) is 5.55. The van der Waals surface area contributed by atoms with Crippen LogP contribution in [0.2, 0.25) is 0 Å². The Morgan fingerprint density at radius 1 is 1.19 bits per heavy atom. The number of benzene rings is 1. The molecule has 1 aromatic rings. The maximum atomic E-state index is 13.3. The number of anilines is 1. The Hall–Kier alpha value is -1.79. The van der Waals surface area contributed by atoms with Gasteiger partial charge in [-0.15, -0.1) is 0 Å². The number of carbonyl (C=O) groups is 1. The number of amides is 1. The zero-order chi connectivity index (χ0) is 19.1. The van der Waals surface area contributed by atoms with Gasteiger partial charge in [0.25, 0.3) is 5.91 Å². The van der Waals surface area contributed by atoms with Crippen LogP contribution in [0.25, 0.3) is 0 Å². The molecule has 0 saturated carbocycles. The number of ether oxygens (including phenoxy) is 3. The van der Waals surface area contributed by atoms with Crippen LogP contribution in [0.1, 0.15) is 42.5 Å². The van der Waals surface area contributed by atoms with Gasteiger partial charge in [0.15, 0.2) is 0 Å². The van der Waals surface area contributed by atoms with Gasteiger partial charge in [0.2, 0.25) is 0 Å². The SMILES string of the molecule is COCCC[C@H]1CCCCN1C(=O)c1ccc(OC)c(N2CCOCC2)c1. The number of rotatable bonds is 7. The fraction of sp³-hybridized carbons (Fsp3) is 0.667. The Balaban J connectivity index is 1.78. The Morgan fingerprint density at radius 2 is 2.00 bits per heavy atom. The van der Waals surface area contributed by atoms with Gasteiger partial charge in [-0.3, -0.25) is 4.79 Å². The summed E-state index contributed by atoms with van der Waals surface area (Å²) in [6.45, 7) is 4.64. The maximum absolute atomic E-state index is 13.3. The smallest absolute Gasteiger partial charge is 0.254 e. The molecule has 2 fully saturated rings. The molecule has 1 aromatic carbocycles. The minimum Gasteiger partial charge on any atom is -0.495 e. The Bertz CT molecular complexity index is 616. The molecule has 0 unspecified atom stereocenters. The number of nitrogens with zero attached hydrogens (tertiary/aromatic N) is 2. The third kappa shape index (κ3) is 4.93. The highest BCUT2D eigenvalue weighted by Crippen LogP contribution is 2.31. The highest BCUT2D eigenvalue weighted by atomic mass is 16.5. The van der Waals surface area contributed by atoms with Crippen LogP contribution < -0.4 is 9.64 Å². The molecule has 2 saturated heterocycles. The lowest BCUT2D eigenvalue weighted by Gasteiger charge is -2.36. The monoisotopic (exact) mass is 376 g/mol. The van der Waals surface area contributed by atoms with Crippen molar-refractivity contribution >= 4 is 11.6 Å². The predicted molar refractivity (Wildman–Crippen MR) is 106 cm³/mol. The minimum atomic E-state index is 0.134. The second-order valence-corrected chi connectivity index (χ2v) is 7.27. The van der Waals surface area contributed by atoms with Gasteiger partial charge in [0.05, 0.1) is 26.0 Å².